The van der Waals surface area contributed by atoms with Gasteiger partial charge in [0.15, 0.2) is 0 Å². The second kappa shape index (κ2) is 11.2. The molecule has 6 heteroatoms. The monoisotopic (exact) mass is 498 g/mol. The number of nitrogen functional groups attached to an aromatic ring is 2. The quantitative estimate of drug-likeness (QED) is 0.219. The predicted molar refractivity (Wildman–Crippen MR) is 149 cm³/mol. The molecule has 0 radical (unpaired) electrons. The summed E-state index contributed by atoms with van der Waals surface area (Å²) in [7, 11) is 0. The van der Waals surface area contributed by atoms with Gasteiger partial charge in [-0.3, -0.25) is 0 Å². The van der Waals surface area contributed by atoms with Gasteiger partial charge >= 0.3 is 0 Å². The van der Waals surface area contributed by atoms with Crippen molar-refractivity contribution in [2.75, 3.05) is 24.7 Å². The number of ether oxygens (including phenoxy) is 4. The Kier molecular flexibility index (Phi) is 7.77. The summed E-state index contributed by atoms with van der Waals surface area (Å²) in [5.74, 6) is 4.08. The molecule has 0 aliphatic heterocycles. The maximum atomic E-state index is 6.03. The van der Waals surface area contributed by atoms with Crippen molar-refractivity contribution in [2.24, 2.45) is 0 Å². The smallest absolute Gasteiger partial charge is 0.145 e. The van der Waals surface area contributed by atoms with E-state index in [2.05, 4.69) is 38.1 Å². The molecule has 0 bridgehead atoms. The van der Waals surface area contributed by atoms with Crippen LogP contribution in [0.2, 0.25) is 0 Å². The van der Waals surface area contributed by atoms with Crippen molar-refractivity contribution in [3.8, 4) is 34.5 Å². The zero-order valence-corrected chi connectivity index (χ0v) is 21.8. The van der Waals surface area contributed by atoms with Gasteiger partial charge in [-0.25, -0.2) is 0 Å². The summed E-state index contributed by atoms with van der Waals surface area (Å²) in [5.41, 5.74) is 15.2. The molecule has 0 fully saturated rings. The molecule has 6 nitrogen and oxygen atoms in total. The minimum absolute atomic E-state index is 0.219. The lowest BCUT2D eigenvalue weighted by molar-refractivity contribution is 0.340. The van der Waals surface area contributed by atoms with Crippen LogP contribution >= 0.6 is 0 Å². The van der Waals surface area contributed by atoms with Gasteiger partial charge in [0.2, 0.25) is 0 Å². The normalized spacial score (nSPS) is 11.1. The van der Waals surface area contributed by atoms with Crippen molar-refractivity contribution in [3.05, 3.63) is 96.1 Å². The van der Waals surface area contributed by atoms with Crippen LogP contribution in [0.15, 0.2) is 84.9 Å². The average molecular weight is 499 g/mol. The lowest BCUT2D eigenvalue weighted by Gasteiger charge is -2.26. The van der Waals surface area contributed by atoms with Crippen LogP contribution in [0, 0.1) is 0 Å². The summed E-state index contributed by atoms with van der Waals surface area (Å²) in [6, 6.07) is 27.1. The van der Waals surface area contributed by atoms with Crippen LogP contribution in [0.25, 0.3) is 0 Å². The fourth-order valence-corrected chi connectivity index (χ4v) is 4.04. The van der Waals surface area contributed by atoms with Crippen molar-refractivity contribution in [2.45, 2.75) is 33.1 Å². The molecule has 0 saturated carbocycles. The minimum Gasteiger partial charge on any atom is -0.492 e. The van der Waals surface area contributed by atoms with Crippen molar-refractivity contribution in [1.82, 2.24) is 0 Å². The van der Waals surface area contributed by atoms with E-state index in [1.165, 1.54) is 11.1 Å². The molecule has 0 aliphatic carbocycles. The first kappa shape index (κ1) is 25.8. The third-order valence-corrected chi connectivity index (χ3v) is 6.19. The van der Waals surface area contributed by atoms with E-state index in [1.54, 1.807) is 12.1 Å². The molecule has 4 aromatic rings. The topological polar surface area (TPSA) is 89.0 Å². The summed E-state index contributed by atoms with van der Waals surface area (Å²) in [6.07, 6.45) is 0. The van der Waals surface area contributed by atoms with E-state index in [-0.39, 0.29) is 5.41 Å². The molecular weight excluding hydrogens is 464 g/mol. The SMILES string of the molecule is CCOc1cc(Oc2ccc(C(C)(C)c3ccc(Oc4ccc(N)c(OCC)c4)cc3)cc2)ccc1N. The van der Waals surface area contributed by atoms with Crippen LogP contribution < -0.4 is 30.4 Å². The maximum Gasteiger partial charge on any atom is 0.145 e. The predicted octanol–water partition coefficient (Wildman–Crippen LogP) is 7.56. The van der Waals surface area contributed by atoms with Gasteiger partial charge in [-0.1, -0.05) is 38.1 Å². The Bertz CT molecular complexity index is 1230. The van der Waals surface area contributed by atoms with E-state index in [1.807, 2.05) is 62.4 Å². The van der Waals surface area contributed by atoms with Crippen LogP contribution in [0.1, 0.15) is 38.8 Å². The van der Waals surface area contributed by atoms with Gasteiger partial charge in [0.1, 0.15) is 34.5 Å². The van der Waals surface area contributed by atoms with E-state index < -0.39 is 0 Å². The molecular formula is C31H34N2O4. The highest BCUT2D eigenvalue weighted by Crippen LogP contribution is 2.36. The Morgan fingerprint density at radius 1 is 0.541 bits per heavy atom. The summed E-state index contributed by atoms with van der Waals surface area (Å²) in [6.45, 7) is 9.32. The van der Waals surface area contributed by atoms with Gasteiger partial charge in [0.25, 0.3) is 0 Å². The molecule has 0 saturated heterocycles. The molecule has 0 atom stereocenters. The fourth-order valence-electron chi connectivity index (χ4n) is 4.04. The molecule has 4 rings (SSSR count). The van der Waals surface area contributed by atoms with Gasteiger partial charge in [-0.2, -0.15) is 0 Å². The molecule has 4 N–H and O–H groups in total. The first-order chi connectivity index (χ1) is 17.8. The molecule has 0 unspecified atom stereocenters. The van der Waals surface area contributed by atoms with Crippen molar-refractivity contribution in [1.29, 1.82) is 0 Å². The van der Waals surface area contributed by atoms with Crippen LogP contribution in [-0.2, 0) is 5.41 Å². The molecule has 37 heavy (non-hydrogen) atoms. The maximum absolute atomic E-state index is 6.03. The highest BCUT2D eigenvalue weighted by Gasteiger charge is 2.23. The molecule has 4 aromatic carbocycles. The fraction of sp³-hybridized carbons (Fsp3) is 0.226. The Labute approximate surface area is 218 Å². The number of nitrogens with two attached hydrogens (primary N) is 2. The molecule has 0 aromatic heterocycles. The highest BCUT2D eigenvalue weighted by molar-refractivity contribution is 5.57. The second-order valence-corrected chi connectivity index (χ2v) is 9.14. The number of hydrogen-bond donors (Lipinski definition) is 2. The van der Waals surface area contributed by atoms with E-state index >= 15 is 0 Å². The third kappa shape index (κ3) is 6.09. The lowest BCUT2D eigenvalue weighted by atomic mass is 9.78. The Morgan fingerprint density at radius 3 is 1.24 bits per heavy atom. The van der Waals surface area contributed by atoms with Crippen molar-refractivity contribution >= 4 is 11.4 Å². The molecule has 192 valence electrons. The van der Waals surface area contributed by atoms with Crippen LogP contribution in [0.5, 0.6) is 34.5 Å². The summed E-state index contributed by atoms with van der Waals surface area (Å²) >= 11 is 0. The second-order valence-electron chi connectivity index (χ2n) is 9.14. The highest BCUT2D eigenvalue weighted by atomic mass is 16.5. The first-order valence-corrected chi connectivity index (χ1v) is 12.4. The van der Waals surface area contributed by atoms with Crippen molar-refractivity contribution in [3.63, 3.8) is 0 Å². The van der Waals surface area contributed by atoms with Crippen LogP contribution in [-0.4, -0.2) is 13.2 Å². The summed E-state index contributed by atoms with van der Waals surface area (Å²) in [5, 5.41) is 0. The van der Waals surface area contributed by atoms with Gasteiger partial charge in [0.05, 0.1) is 24.6 Å². The largest absolute Gasteiger partial charge is 0.492 e. The number of rotatable bonds is 10. The Morgan fingerprint density at radius 2 is 0.892 bits per heavy atom. The Hall–Kier alpha value is -4.32. The number of anilines is 2. The lowest BCUT2D eigenvalue weighted by Crippen LogP contribution is -2.18. The molecule has 0 spiro atoms. The van der Waals surface area contributed by atoms with Crippen molar-refractivity contribution < 1.29 is 18.9 Å². The van der Waals surface area contributed by atoms with E-state index in [4.69, 9.17) is 30.4 Å². The summed E-state index contributed by atoms with van der Waals surface area (Å²) in [4.78, 5) is 0. The zero-order valence-electron chi connectivity index (χ0n) is 21.8. The van der Waals surface area contributed by atoms with Gasteiger partial charge in [-0.05, 0) is 73.5 Å². The summed E-state index contributed by atoms with van der Waals surface area (Å²) < 4.78 is 23.2. The third-order valence-electron chi connectivity index (χ3n) is 6.19. The Balaban J connectivity index is 1.45. The van der Waals surface area contributed by atoms with Gasteiger partial charge in [-0.15, -0.1) is 0 Å². The van der Waals surface area contributed by atoms with Gasteiger partial charge in [0, 0.05) is 17.5 Å². The number of hydrogen-bond acceptors (Lipinski definition) is 6. The minimum atomic E-state index is -0.219. The zero-order chi connectivity index (χ0) is 26.4. The van der Waals surface area contributed by atoms with Gasteiger partial charge < -0.3 is 30.4 Å². The van der Waals surface area contributed by atoms with E-state index in [9.17, 15) is 0 Å². The average Bonchev–Trinajstić information content (AvgIpc) is 2.89. The number of benzene rings is 4. The molecule has 0 aliphatic rings. The molecule has 0 heterocycles. The molecule has 0 amide bonds. The van der Waals surface area contributed by atoms with Crippen LogP contribution in [0.4, 0.5) is 11.4 Å². The first-order valence-electron chi connectivity index (χ1n) is 12.4. The standard InChI is InChI=1S/C31H34N2O4/c1-5-34-29-19-25(15-17-27(29)32)36-23-11-7-21(8-12-23)31(3,4)22-9-13-24(14-10-22)37-26-16-18-28(33)30(20-26)35-6-2/h7-20H,5-6,32-33H2,1-4H3. The van der Waals surface area contributed by atoms with E-state index in [0.29, 0.717) is 47.6 Å². The van der Waals surface area contributed by atoms with E-state index in [0.717, 1.165) is 11.5 Å². The van der Waals surface area contributed by atoms with Crippen LogP contribution in [0.3, 0.4) is 0 Å².